The Hall–Kier alpha value is -3.41. The number of carbonyl (C=O) groups is 2. The van der Waals surface area contributed by atoms with Crippen LogP contribution in [0.5, 0.6) is 0 Å². The van der Waals surface area contributed by atoms with Crippen LogP contribution >= 0.6 is 0 Å². The zero-order chi connectivity index (χ0) is 28.3. The van der Waals surface area contributed by atoms with Crippen molar-refractivity contribution in [2.75, 3.05) is 44.2 Å². The monoisotopic (exact) mass is 543 g/mol. The van der Waals surface area contributed by atoms with Gasteiger partial charge in [-0.25, -0.2) is 0 Å². The van der Waals surface area contributed by atoms with Crippen LogP contribution in [0.25, 0.3) is 0 Å². The first-order chi connectivity index (χ1) is 19.4. The maximum absolute atomic E-state index is 13.6. The van der Waals surface area contributed by atoms with Crippen LogP contribution in [0.15, 0.2) is 42.5 Å². The zero-order valence-corrected chi connectivity index (χ0v) is 23.5. The Kier molecular flexibility index (Phi) is 8.43. The number of benzene rings is 2. The SMILES string of the molecule is CCN1CCN(CC(O)CCc2ccccc2CN)C(=O)c2ccc(C(=O)N3CCC4(CC3)CC(C#N)C4)cc21. The van der Waals surface area contributed by atoms with Crippen LogP contribution in [-0.4, -0.2) is 72.1 Å². The second-order valence-electron chi connectivity index (χ2n) is 11.8. The van der Waals surface area contributed by atoms with E-state index in [2.05, 4.69) is 17.9 Å². The second-order valence-corrected chi connectivity index (χ2v) is 11.8. The molecule has 2 amide bonds. The normalized spacial score (nSPS) is 19.6. The van der Waals surface area contributed by atoms with Gasteiger partial charge < -0.3 is 25.5 Å². The number of aliphatic hydroxyl groups is 1. The lowest BCUT2D eigenvalue weighted by Gasteiger charge is -2.50. The number of fused-ring (bicyclic) bond motifs is 1. The molecular formula is C32H41N5O3. The van der Waals surface area contributed by atoms with E-state index in [1.54, 1.807) is 17.0 Å². The molecule has 3 N–H and O–H groups in total. The van der Waals surface area contributed by atoms with Crippen molar-refractivity contribution in [1.82, 2.24) is 9.80 Å². The van der Waals surface area contributed by atoms with Gasteiger partial charge in [0.25, 0.3) is 11.8 Å². The molecule has 1 unspecified atom stereocenters. The summed E-state index contributed by atoms with van der Waals surface area (Å²) in [6, 6.07) is 15.8. The van der Waals surface area contributed by atoms with Crippen molar-refractivity contribution >= 4 is 17.5 Å². The van der Waals surface area contributed by atoms with E-state index in [0.29, 0.717) is 56.7 Å². The van der Waals surface area contributed by atoms with Gasteiger partial charge in [-0.3, -0.25) is 9.59 Å². The minimum atomic E-state index is -0.645. The standard InChI is InChI=1S/C32H41N5O3/c1-2-35-15-16-37(22-27(38)9-7-24-5-3-4-6-26(24)21-34)31(40)28-10-8-25(17-29(28)35)30(39)36-13-11-32(12-14-36)18-23(19-32)20-33/h3-6,8,10,17,23,27,38H,2,7,9,11-16,18-19,21-22,34H2,1H3. The van der Waals surface area contributed by atoms with Gasteiger partial charge in [-0.2, -0.15) is 5.26 Å². The van der Waals surface area contributed by atoms with Crippen molar-refractivity contribution < 1.29 is 14.7 Å². The first-order valence-electron chi connectivity index (χ1n) is 14.7. The Morgan fingerprint density at radius 3 is 2.48 bits per heavy atom. The lowest BCUT2D eigenvalue weighted by Crippen LogP contribution is -2.48. The van der Waals surface area contributed by atoms with E-state index >= 15 is 0 Å². The van der Waals surface area contributed by atoms with Gasteiger partial charge in [-0.1, -0.05) is 24.3 Å². The molecule has 2 aromatic rings. The highest BCUT2D eigenvalue weighted by atomic mass is 16.3. The lowest BCUT2D eigenvalue weighted by atomic mass is 9.58. The average Bonchev–Trinajstić information content (AvgIpc) is 3.10. The van der Waals surface area contributed by atoms with E-state index in [4.69, 9.17) is 11.0 Å². The molecule has 1 saturated heterocycles. The quantitative estimate of drug-likeness (QED) is 0.526. The molecule has 1 aliphatic carbocycles. The Morgan fingerprint density at radius 1 is 1.10 bits per heavy atom. The van der Waals surface area contributed by atoms with E-state index in [9.17, 15) is 14.7 Å². The Balaban J connectivity index is 1.24. The molecule has 212 valence electrons. The highest BCUT2D eigenvalue weighted by molar-refractivity contribution is 6.03. The maximum atomic E-state index is 13.6. The maximum Gasteiger partial charge on any atom is 0.256 e. The first-order valence-corrected chi connectivity index (χ1v) is 14.7. The van der Waals surface area contributed by atoms with Crippen LogP contribution in [0.4, 0.5) is 5.69 Å². The first kappa shape index (κ1) is 28.1. The highest BCUT2D eigenvalue weighted by Gasteiger charge is 2.46. The fourth-order valence-electron chi connectivity index (χ4n) is 6.76. The van der Waals surface area contributed by atoms with E-state index in [1.807, 2.05) is 35.2 Å². The number of anilines is 1. The number of nitrogens with two attached hydrogens (primary N) is 1. The Bertz CT molecular complexity index is 1270. The van der Waals surface area contributed by atoms with Crippen molar-refractivity contribution in [1.29, 1.82) is 5.26 Å². The predicted molar refractivity (Wildman–Crippen MR) is 155 cm³/mol. The summed E-state index contributed by atoms with van der Waals surface area (Å²) in [5.74, 6) is 0.0767. The number of aliphatic hydroxyl groups excluding tert-OH is 1. The van der Waals surface area contributed by atoms with Gasteiger partial charge in [0.2, 0.25) is 0 Å². The smallest absolute Gasteiger partial charge is 0.256 e. The molecule has 8 nitrogen and oxygen atoms in total. The minimum Gasteiger partial charge on any atom is -0.391 e. The second kappa shape index (κ2) is 12.0. The zero-order valence-electron chi connectivity index (χ0n) is 23.5. The summed E-state index contributed by atoms with van der Waals surface area (Å²) in [5.41, 5.74) is 10.3. The van der Waals surface area contributed by atoms with Crippen LogP contribution in [0.1, 0.15) is 70.9 Å². The van der Waals surface area contributed by atoms with Crippen LogP contribution in [0.2, 0.25) is 0 Å². The molecule has 2 fully saturated rings. The number of amides is 2. The summed E-state index contributed by atoms with van der Waals surface area (Å²) < 4.78 is 0. The lowest BCUT2D eigenvalue weighted by molar-refractivity contribution is 0.00874. The van der Waals surface area contributed by atoms with Crippen LogP contribution in [-0.2, 0) is 13.0 Å². The van der Waals surface area contributed by atoms with E-state index in [0.717, 1.165) is 49.0 Å². The molecule has 5 rings (SSSR count). The van der Waals surface area contributed by atoms with Gasteiger partial charge in [0, 0.05) is 57.3 Å². The van der Waals surface area contributed by atoms with Crippen molar-refractivity contribution in [2.45, 2.75) is 58.1 Å². The van der Waals surface area contributed by atoms with Crippen molar-refractivity contribution in [3.05, 3.63) is 64.7 Å². The number of nitriles is 1. The number of rotatable bonds is 8. The summed E-state index contributed by atoms with van der Waals surface area (Å²) in [5, 5.41) is 20.0. The third kappa shape index (κ3) is 5.72. The number of hydrogen-bond donors (Lipinski definition) is 2. The van der Waals surface area contributed by atoms with Crippen molar-refractivity contribution in [2.24, 2.45) is 17.1 Å². The number of hydrogen-bond acceptors (Lipinski definition) is 6. The molecule has 2 aromatic carbocycles. The fraction of sp³-hybridized carbons (Fsp3) is 0.531. The van der Waals surface area contributed by atoms with E-state index in [-0.39, 0.29) is 29.7 Å². The molecular weight excluding hydrogens is 502 g/mol. The van der Waals surface area contributed by atoms with Gasteiger partial charge in [0.15, 0.2) is 0 Å². The highest BCUT2D eigenvalue weighted by Crippen LogP contribution is 2.52. The van der Waals surface area contributed by atoms with Crippen molar-refractivity contribution in [3.8, 4) is 6.07 Å². The van der Waals surface area contributed by atoms with Gasteiger partial charge in [0.05, 0.1) is 23.4 Å². The third-order valence-corrected chi connectivity index (χ3v) is 9.29. The molecule has 1 spiro atoms. The van der Waals surface area contributed by atoms with Crippen LogP contribution < -0.4 is 10.6 Å². The molecule has 3 aliphatic rings. The minimum absolute atomic E-state index is 0.00611. The number of β-amino-alcohol motifs (C(OH)–C–C–N with tert-alkyl or cyclic N) is 1. The molecule has 2 heterocycles. The molecule has 0 bridgehead atoms. The summed E-state index contributed by atoms with van der Waals surface area (Å²) in [4.78, 5) is 32.9. The van der Waals surface area contributed by atoms with Crippen LogP contribution in [0.3, 0.4) is 0 Å². The van der Waals surface area contributed by atoms with Gasteiger partial charge in [-0.15, -0.1) is 0 Å². The molecule has 40 heavy (non-hydrogen) atoms. The third-order valence-electron chi connectivity index (χ3n) is 9.29. The largest absolute Gasteiger partial charge is 0.391 e. The molecule has 8 heteroatoms. The summed E-state index contributed by atoms with van der Waals surface area (Å²) in [7, 11) is 0. The molecule has 0 radical (unpaired) electrons. The number of nitrogens with zero attached hydrogens (tertiary/aromatic N) is 4. The molecule has 2 aliphatic heterocycles. The van der Waals surface area contributed by atoms with Crippen molar-refractivity contribution in [3.63, 3.8) is 0 Å². The molecule has 1 atom stereocenters. The average molecular weight is 544 g/mol. The predicted octanol–water partition coefficient (Wildman–Crippen LogP) is 3.58. The molecule has 0 aromatic heterocycles. The Labute approximate surface area is 237 Å². The number of aryl methyl sites for hydroxylation is 1. The summed E-state index contributed by atoms with van der Waals surface area (Å²) in [6.07, 6.45) is 4.44. The summed E-state index contributed by atoms with van der Waals surface area (Å²) in [6.45, 7) is 6.09. The number of likely N-dealkylation sites (N-methyl/N-ethyl adjacent to an activating group) is 1. The van der Waals surface area contributed by atoms with Crippen LogP contribution in [0, 0.1) is 22.7 Å². The topological polar surface area (TPSA) is 114 Å². The number of piperidine rings is 1. The van der Waals surface area contributed by atoms with Gasteiger partial charge >= 0.3 is 0 Å². The summed E-state index contributed by atoms with van der Waals surface area (Å²) >= 11 is 0. The number of likely N-dealkylation sites (tertiary alicyclic amines) is 1. The number of carbonyl (C=O) groups excluding carboxylic acids is 2. The van der Waals surface area contributed by atoms with Gasteiger partial charge in [0.1, 0.15) is 0 Å². The van der Waals surface area contributed by atoms with E-state index < -0.39 is 6.10 Å². The molecule has 1 saturated carbocycles. The van der Waals surface area contributed by atoms with E-state index in [1.165, 1.54) is 0 Å². The fourth-order valence-corrected chi connectivity index (χ4v) is 6.76. The Morgan fingerprint density at radius 2 is 1.80 bits per heavy atom. The van der Waals surface area contributed by atoms with Gasteiger partial charge in [-0.05, 0) is 80.2 Å².